The van der Waals surface area contributed by atoms with Crippen LogP contribution in [0.1, 0.15) is 149 Å². The van der Waals surface area contributed by atoms with Crippen molar-refractivity contribution in [3.63, 3.8) is 0 Å². The van der Waals surface area contributed by atoms with E-state index in [0.29, 0.717) is 12.8 Å². The number of carbonyl (C=O) groups is 1. The van der Waals surface area contributed by atoms with Crippen LogP contribution in [0, 0.1) is 0 Å². The zero-order valence-electron chi connectivity index (χ0n) is 38.3. The molecule has 0 spiro atoms. The van der Waals surface area contributed by atoms with Crippen LogP contribution in [0.5, 0.6) is 0 Å². The zero-order chi connectivity index (χ0) is 47.0. The third kappa shape index (κ3) is 18.4. The molecule has 12 N–H and O–H groups in total. The van der Waals surface area contributed by atoms with Gasteiger partial charge in [-0.3, -0.25) is 4.79 Å². The Morgan fingerprint density at radius 2 is 0.891 bits per heavy atom. The van der Waals surface area contributed by atoms with Gasteiger partial charge in [0.05, 0.1) is 38.6 Å². The molecule has 3 fully saturated rings. The highest BCUT2D eigenvalue weighted by molar-refractivity contribution is 5.76. The second-order valence-electron chi connectivity index (χ2n) is 17.9. The number of amides is 1. The van der Waals surface area contributed by atoms with Gasteiger partial charge >= 0.3 is 0 Å². The normalized spacial score (nSPS) is 34.4. The molecule has 0 radical (unpaired) electrons. The first-order valence-corrected chi connectivity index (χ1v) is 24.3. The van der Waals surface area contributed by atoms with Crippen LogP contribution in [-0.4, -0.2) is 193 Å². The quantitative estimate of drug-likeness (QED) is 0.0400. The maximum atomic E-state index is 13.1. The fourth-order valence-corrected chi connectivity index (χ4v) is 8.55. The lowest BCUT2D eigenvalue weighted by atomic mass is 9.96. The van der Waals surface area contributed by atoms with Crippen molar-refractivity contribution in [3.05, 3.63) is 0 Å². The molecule has 0 saturated carbocycles. The summed E-state index contributed by atoms with van der Waals surface area (Å²) in [4.78, 5) is 13.1. The third-order valence-corrected chi connectivity index (χ3v) is 12.7. The molecule has 19 heteroatoms. The fraction of sp³-hybridized carbons (Fsp3) is 0.978. The van der Waals surface area contributed by atoms with Crippen LogP contribution in [-0.2, 0) is 33.2 Å². The van der Waals surface area contributed by atoms with Crippen LogP contribution in [0.4, 0.5) is 0 Å². The van der Waals surface area contributed by atoms with Gasteiger partial charge in [0.2, 0.25) is 5.91 Å². The van der Waals surface area contributed by atoms with Crippen molar-refractivity contribution < 1.29 is 89.4 Å². The van der Waals surface area contributed by atoms with E-state index in [0.717, 1.165) is 44.9 Å². The van der Waals surface area contributed by atoms with Crippen molar-refractivity contribution >= 4 is 5.91 Å². The van der Waals surface area contributed by atoms with Gasteiger partial charge in [-0.25, -0.2) is 0 Å². The summed E-state index contributed by atoms with van der Waals surface area (Å²) in [6, 6.07) is -0.875. The largest absolute Gasteiger partial charge is 0.394 e. The minimum Gasteiger partial charge on any atom is -0.394 e. The number of hydrogen-bond donors (Lipinski definition) is 12. The van der Waals surface area contributed by atoms with Crippen LogP contribution in [0.15, 0.2) is 0 Å². The van der Waals surface area contributed by atoms with Gasteiger partial charge in [0.1, 0.15) is 73.2 Å². The second kappa shape index (κ2) is 31.8. The Kier molecular flexibility index (Phi) is 28.3. The Balaban J connectivity index is 1.58. The Morgan fingerprint density at radius 3 is 1.36 bits per heavy atom. The molecule has 64 heavy (non-hydrogen) atoms. The predicted octanol–water partition coefficient (Wildman–Crippen LogP) is 0.529. The summed E-state index contributed by atoms with van der Waals surface area (Å²) in [6.07, 6.45) is -4.71. The van der Waals surface area contributed by atoms with Gasteiger partial charge in [0, 0.05) is 6.42 Å². The zero-order valence-corrected chi connectivity index (χ0v) is 38.3. The molecule has 3 aliphatic rings. The topological polar surface area (TPSA) is 307 Å². The van der Waals surface area contributed by atoms with Gasteiger partial charge in [-0.05, 0) is 12.8 Å². The molecular weight excluding hydrogens is 842 g/mol. The van der Waals surface area contributed by atoms with Gasteiger partial charge < -0.3 is 89.9 Å². The van der Waals surface area contributed by atoms with Crippen molar-refractivity contribution in [2.24, 2.45) is 0 Å². The summed E-state index contributed by atoms with van der Waals surface area (Å²) in [5.41, 5.74) is 0. The predicted molar refractivity (Wildman–Crippen MR) is 231 cm³/mol. The second-order valence-corrected chi connectivity index (χ2v) is 17.9. The highest BCUT2D eigenvalue weighted by Crippen LogP contribution is 2.33. The van der Waals surface area contributed by atoms with Crippen molar-refractivity contribution in [1.29, 1.82) is 0 Å². The molecule has 17 unspecified atom stereocenters. The summed E-state index contributed by atoms with van der Waals surface area (Å²) in [5.74, 6) is -0.249. The molecular formula is C45H85NO18. The molecule has 0 aromatic heterocycles. The summed E-state index contributed by atoms with van der Waals surface area (Å²) >= 11 is 0. The first-order valence-electron chi connectivity index (χ1n) is 24.3. The van der Waals surface area contributed by atoms with Crippen molar-refractivity contribution in [2.75, 3.05) is 26.4 Å². The van der Waals surface area contributed by atoms with E-state index < -0.39 is 124 Å². The molecule has 0 aromatic rings. The van der Waals surface area contributed by atoms with E-state index in [1.807, 2.05) is 0 Å². The lowest BCUT2D eigenvalue weighted by molar-refractivity contribution is -0.379. The number of hydrogen-bond acceptors (Lipinski definition) is 18. The molecule has 3 saturated heterocycles. The van der Waals surface area contributed by atoms with Crippen LogP contribution in [0.2, 0.25) is 0 Å². The van der Waals surface area contributed by atoms with E-state index in [2.05, 4.69) is 19.2 Å². The average molecular weight is 928 g/mol. The summed E-state index contributed by atoms with van der Waals surface area (Å²) in [5, 5.41) is 119. The highest BCUT2D eigenvalue weighted by atomic mass is 16.8. The first-order chi connectivity index (χ1) is 30.8. The molecule has 19 nitrogen and oxygen atoms in total. The Morgan fingerprint density at radius 1 is 0.500 bits per heavy atom. The molecule has 3 heterocycles. The number of unbranched alkanes of at least 4 members (excludes halogenated alkanes) is 17. The summed E-state index contributed by atoms with van der Waals surface area (Å²) < 4.78 is 34.1. The van der Waals surface area contributed by atoms with Crippen LogP contribution in [0.3, 0.4) is 0 Å². The standard InChI is InChI=1S/C45H85NO18/c1-3-5-7-9-11-13-15-16-18-20-22-29(50)28(46-33(51)23-21-19-17-14-12-10-8-6-4-2)27-59-43-39(57)36(54)41(31(25-48)61-43)64-45-40(58)37(55)42(32(26-49)62-45)63-44-38(56)35(53)34(52)30(24-47)60-44/h28-32,34-45,47-50,52-58H,3-27H2,1-2H3,(H,46,51). The molecule has 1 amide bonds. The molecule has 17 atom stereocenters. The summed E-state index contributed by atoms with van der Waals surface area (Å²) in [6.45, 7) is 1.70. The minimum absolute atomic E-state index is 0.249. The maximum absolute atomic E-state index is 13.1. The first kappa shape index (κ1) is 57.1. The average Bonchev–Trinajstić information content (AvgIpc) is 3.29. The number of ether oxygens (including phenoxy) is 6. The van der Waals surface area contributed by atoms with E-state index in [9.17, 15) is 61.0 Å². The summed E-state index contributed by atoms with van der Waals surface area (Å²) in [7, 11) is 0. The van der Waals surface area contributed by atoms with Crippen LogP contribution >= 0.6 is 0 Å². The van der Waals surface area contributed by atoms with Gasteiger partial charge in [0.15, 0.2) is 18.9 Å². The van der Waals surface area contributed by atoms with E-state index in [-0.39, 0.29) is 18.9 Å². The Labute approximate surface area is 379 Å². The third-order valence-electron chi connectivity index (χ3n) is 12.7. The van der Waals surface area contributed by atoms with E-state index >= 15 is 0 Å². The van der Waals surface area contributed by atoms with Crippen molar-refractivity contribution in [3.8, 4) is 0 Å². The molecule has 378 valence electrons. The molecule has 0 aromatic carbocycles. The molecule has 0 bridgehead atoms. The smallest absolute Gasteiger partial charge is 0.220 e. The molecule has 0 aliphatic carbocycles. The number of aliphatic hydroxyl groups is 11. The van der Waals surface area contributed by atoms with Gasteiger partial charge in [-0.2, -0.15) is 0 Å². The fourth-order valence-electron chi connectivity index (χ4n) is 8.55. The van der Waals surface area contributed by atoms with Crippen LogP contribution in [0.25, 0.3) is 0 Å². The van der Waals surface area contributed by atoms with Crippen molar-refractivity contribution in [1.82, 2.24) is 5.32 Å². The Bertz CT molecular complexity index is 1200. The van der Waals surface area contributed by atoms with Crippen LogP contribution < -0.4 is 5.32 Å². The number of carbonyl (C=O) groups excluding carboxylic acids is 1. The maximum Gasteiger partial charge on any atom is 0.220 e. The number of nitrogens with one attached hydrogen (secondary N) is 1. The molecule has 3 rings (SSSR count). The van der Waals surface area contributed by atoms with E-state index in [1.54, 1.807) is 0 Å². The lowest BCUT2D eigenvalue weighted by Gasteiger charge is -2.48. The van der Waals surface area contributed by atoms with Gasteiger partial charge in [-0.1, -0.05) is 129 Å². The number of rotatable bonds is 33. The number of aliphatic hydroxyl groups excluding tert-OH is 11. The SMILES string of the molecule is CCCCCCCCCCCCC(O)C(COC1OC(CO)C(OC2OC(CO)C(OC3OC(CO)C(O)C(O)C3O)C(O)C2O)C(O)C1O)NC(=O)CCCCCCCCCCC. The highest BCUT2D eigenvalue weighted by Gasteiger charge is 2.53. The van der Waals surface area contributed by atoms with E-state index in [1.165, 1.54) is 70.6 Å². The molecule has 3 aliphatic heterocycles. The Hall–Kier alpha value is -1.21. The monoisotopic (exact) mass is 928 g/mol. The lowest BCUT2D eigenvalue weighted by Crippen LogP contribution is -2.66. The minimum atomic E-state index is -1.97. The van der Waals surface area contributed by atoms with Gasteiger partial charge in [-0.15, -0.1) is 0 Å². The van der Waals surface area contributed by atoms with Gasteiger partial charge in [0.25, 0.3) is 0 Å². The van der Waals surface area contributed by atoms with E-state index in [4.69, 9.17) is 28.4 Å². The van der Waals surface area contributed by atoms with Crippen molar-refractivity contribution in [2.45, 2.75) is 253 Å².